The van der Waals surface area contributed by atoms with Crippen molar-refractivity contribution in [2.45, 2.75) is 6.92 Å². The van der Waals surface area contributed by atoms with Crippen LogP contribution in [0.25, 0.3) is 0 Å². The van der Waals surface area contributed by atoms with Gasteiger partial charge in [0.15, 0.2) is 0 Å². The number of anilines is 3. The van der Waals surface area contributed by atoms with E-state index in [-0.39, 0.29) is 12.0 Å². The number of nitrogens with one attached hydrogen (secondary N) is 2. The molecule has 1 aromatic heterocycles. The maximum atomic E-state index is 6.14. The molecule has 0 spiro atoms. The van der Waals surface area contributed by atoms with Gasteiger partial charge in [0, 0.05) is 3.57 Å². The third-order valence-corrected chi connectivity index (χ3v) is 3.18. The van der Waals surface area contributed by atoms with E-state index >= 15 is 0 Å². The lowest BCUT2D eigenvalue weighted by atomic mass is 10.3. The maximum absolute atomic E-state index is 6.14. The van der Waals surface area contributed by atoms with Crippen LogP contribution in [0.15, 0.2) is 18.2 Å². The molecule has 0 aliphatic carbocycles. The number of nitrogen functional groups attached to an aromatic ring is 1. The number of benzene rings is 1. The average molecular weight is 407 g/mol. The van der Waals surface area contributed by atoms with E-state index in [1.54, 1.807) is 0 Å². The molecule has 0 saturated heterocycles. The lowest BCUT2D eigenvalue weighted by molar-refractivity contribution is 0.312. The van der Waals surface area contributed by atoms with Gasteiger partial charge < -0.3 is 10.1 Å². The second-order valence-corrected chi connectivity index (χ2v) is 5.24. The molecule has 1 aromatic carbocycles. The van der Waals surface area contributed by atoms with Crippen molar-refractivity contribution in [2.75, 3.05) is 17.3 Å². The first kappa shape index (κ1) is 15.0. The molecule has 4 N–H and O–H groups in total. The largest absolute Gasteiger partial charge is 0.464 e. The zero-order valence-corrected chi connectivity index (χ0v) is 13.4. The number of ether oxygens (including phenoxy) is 1. The summed E-state index contributed by atoms with van der Waals surface area (Å²) in [5.74, 6) is 5.81. The van der Waals surface area contributed by atoms with Gasteiger partial charge in [-0.1, -0.05) is 11.6 Å². The summed E-state index contributed by atoms with van der Waals surface area (Å²) in [5, 5.41) is 3.57. The summed E-state index contributed by atoms with van der Waals surface area (Å²) in [5.41, 5.74) is 3.04. The van der Waals surface area contributed by atoms with Crippen LogP contribution < -0.4 is 21.3 Å². The normalized spacial score (nSPS) is 10.2. The van der Waals surface area contributed by atoms with Crippen molar-refractivity contribution in [2.24, 2.45) is 5.84 Å². The average Bonchev–Trinajstić information content (AvgIpc) is 2.42. The summed E-state index contributed by atoms with van der Waals surface area (Å²) in [6.07, 6.45) is 0. The molecule has 0 radical (unpaired) electrons. The van der Waals surface area contributed by atoms with Gasteiger partial charge in [-0.05, 0) is 47.7 Å². The van der Waals surface area contributed by atoms with Crippen LogP contribution in [0.4, 0.5) is 17.6 Å². The molecule has 9 heteroatoms. The van der Waals surface area contributed by atoms with Crippen molar-refractivity contribution in [3.8, 4) is 6.01 Å². The van der Waals surface area contributed by atoms with Crippen molar-refractivity contribution in [3.63, 3.8) is 0 Å². The van der Waals surface area contributed by atoms with Gasteiger partial charge in [-0.3, -0.25) is 5.43 Å². The van der Waals surface area contributed by atoms with Gasteiger partial charge in [-0.2, -0.15) is 15.0 Å². The molecule has 2 rings (SSSR count). The molecule has 0 atom stereocenters. The third kappa shape index (κ3) is 3.81. The van der Waals surface area contributed by atoms with Crippen molar-refractivity contribution < 1.29 is 4.74 Å². The van der Waals surface area contributed by atoms with E-state index in [0.717, 1.165) is 3.57 Å². The summed E-state index contributed by atoms with van der Waals surface area (Å²) in [4.78, 5) is 12.2. The molecular weight excluding hydrogens is 395 g/mol. The standard InChI is InChI=1S/C11H12ClIN6O/c1-2-20-11-17-9(16-10(18-11)19-14)15-8-4-3-6(13)5-7(8)12/h3-5H,2,14H2,1H3,(H2,15,16,17,18,19). The van der Waals surface area contributed by atoms with Crippen LogP contribution in [0.5, 0.6) is 6.01 Å². The highest BCUT2D eigenvalue weighted by molar-refractivity contribution is 14.1. The van der Waals surface area contributed by atoms with Gasteiger partial charge in [0.05, 0.1) is 17.3 Å². The minimum absolute atomic E-state index is 0.180. The molecule has 7 nitrogen and oxygen atoms in total. The van der Waals surface area contributed by atoms with Crippen molar-refractivity contribution in [1.29, 1.82) is 0 Å². The number of hydrogen-bond donors (Lipinski definition) is 3. The van der Waals surface area contributed by atoms with E-state index in [0.29, 0.717) is 23.3 Å². The van der Waals surface area contributed by atoms with Crippen LogP contribution in [0.3, 0.4) is 0 Å². The first-order chi connectivity index (χ1) is 9.62. The summed E-state index contributed by atoms with van der Waals surface area (Å²) in [7, 11) is 0. The van der Waals surface area contributed by atoms with Crippen LogP contribution in [0.1, 0.15) is 6.92 Å². The summed E-state index contributed by atoms with van der Waals surface area (Å²) < 4.78 is 6.28. The van der Waals surface area contributed by atoms with E-state index in [2.05, 4.69) is 48.3 Å². The first-order valence-electron chi connectivity index (χ1n) is 5.70. The molecular formula is C11H12ClIN6O. The Morgan fingerprint density at radius 1 is 1.30 bits per heavy atom. The van der Waals surface area contributed by atoms with Crippen LogP contribution in [0.2, 0.25) is 5.02 Å². The Balaban J connectivity index is 2.29. The van der Waals surface area contributed by atoms with Crippen molar-refractivity contribution in [3.05, 3.63) is 26.8 Å². The lowest BCUT2D eigenvalue weighted by Crippen LogP contribution is -2.13. The van der Waals surface area contributed by atoms with E-state index in [1.807, 2.05) is 25.1 Å². The van der Waals surface area contributed by atoms with Crippen molar-refractivity contribution in [1.82, 2.24) is 15.0 Å². The van der Waals surface area contributed by atoms with Crippen LogP contribution in [-0.4, -0.2) is 21.6 Å². The Morgan fingerprint density at radius 2 is 2.05 bits per heavy atom. The molecule has 0 unspecified atom stereocenters. The molecule has 0 aliphatic heterocycles. The summed E-state index contributed by atoms with van der Waals surface area (Å²) in [6.45, 7) is 2.28. The topological polar surface area (TPSA) is 98.0 Å². The second-order valence-electron chi connectivity index (χ2n) is 3.59. The number of nitrogens with zero attached hydrogens (tertiary/aromatic N) is 3. The Labute approximate surface area is 134 Å². The number of rotatable bonds is 5. The minimum Gasteiger partial charge on any atom is -0.464 e. The van der Waals surface area contributed by atoms with Crippen LogP contribution >= 0.6 is 34.2 Å². The zero-order valence-electron chi connectivity index (χ0n) is 10.5. The number of aromatic nitrogens is 3. The number of hydrazine groups is 1. The minimum atomic E-state index is 0.180. The highest BCUT2D eigenvalue weighted by atomic mass is 127. The Kier molecular flexibility index (Phi) is 5.15. The zero-order chi connectivity index (χ0) is 14.5. The highest BCUT2D eigenvalue weighted by Gasteiger charge is 2.08. The van der Waals surface area contributed by atoms with Gasteiger partial charge in [0.1, 0.15) is 0 Å². The molecule has 106 valence electrons. The Morgan fingerprint density at radius 3 is 2.70 bits per heavy atom. The van der Waals surface area contributed by atoms with E-state index in [9.17, 15) is 0 Å². The highest BCUT2D eigenvalue weighted by Crippen LogP contribution is 2.26. The number of hydrogen-bond acceptors (Lipinski definition) is 7. The summed E-state index contributed by atoms with van der Waals surface area (Å²) in [6, 6.07) is 5.77. The lowest BCUT2D eigenvalue weighted by Gasteiger charge is -2.09. The monoisotopic (exact) mass is 406 g/mol. The van der Waals surface area contributed by atoms with Gasteiger partial charge in [-0.15, -0.1) is 0 Å². The van der Waals surface area contributed by atoms with E-state index < -0.39 is 0 Å². The van der Waals surface area contributed by atoms with Crippen LogP contribution in [0, 0.1) is 3.57 Å². The quantitative estimate of drug-likeness (QED) is 0.399. The molecule has 0 amide bonds. The Bertz CT molecular complexity index is 611. The van der Waals surface area contributed by atoms with Gasteiger partial charge in [-0.25, -0.2) is 5.84 Å². The Hall–Kier alpha value is -1.39. The third-order valence-electron chi connectivity index (χ3n) is 2.20. The smallest absolute Gasteiger partial charge is 0.323 e. The summed E-state index contributed by atoms with van der Waals surface area (Å²) >= 11 is 8.32. The molecule has 0 saturated carbocycles. The fourth-order valence-electron chi connectivity index (χ4n) is 1.38. The second kappa shape index (κ2) is 6.86. The molecule has 2 aromatic rings. The first-order valence-corrected chi connectivity index (χ1v) is 7.15. The predicted octanol–water partition coefficient (Wildman–Crippen LogP) is 2.56. The van der Waals surface area contributed by atoms with E-state index in [1.165, 1.54) is 0 Å². The SMILES string of the molecule is CCOc1nc(NN)nc(Nc2ccc(I)cc2Cl)n1. The van der Waals surface area contributed by atoms with Crippen molar-refractivity contribution >= 4 is 51.8 Å². The van der Waals surface area contributed by atoms with Gasteiger partial charge >= 0.3 is 6.01 Å². The fraction of sp³-hybridized carbons (Fsp3) is 0.182. The number of halogens is 2. The molecule has 0 aliphatic rings. The molecule has 0 fully saturated rings. The van der Waals surface area contributed by atoms with Crippen LogP contribution in [-0.2, 0) is 0 Å². The predicted molar refractivity (Wildman–Crippen MR) is 86.3 cm³/mol. The number of nitrogens with two attached hydrogens (primary N) is 1. The molecule has 1 heterocycles. The van der Waals surface area contributed by atoms with Gasteiger partial charge in [0.2, 0.25) is 11.9 Å². The molecule has 0 bridgehead atoms. The maximum Gasteiger partial charge on any atom is 0.323 e. The van der Waals surface area contributed by atoms with E-state index in [4.69, 9.17) is 22.2 Å². The fourth-order valence-corrected chi connectivity index (χ4v) is 2.28. The molecule has 20 heavy (non-hydrogen) atoms. The van der Waals surface area contributed by atoms with Gasteiger partial charge in [0.25, 0.3) is 0 Å².